The zero-order valence-electron chi connectivity index (χ0n) is 12.1. The Bertz CT molecular complexity index is 715. The second-order valence-electron chi connectivity index (χ2n) is 5.00. The summed E-state index contributed by atoms with van der Waals surface area (Å²) in [5, 5.41) is 8.99. The number of nitrogens with one attached hydrogen (secondary N) is 1. The fraction of sp³-hybridized carbons (Fsp3) is 0.385. The molecule has 0 saturated carbocycles. The molecule has 22 heavy (non-hydrogen) atoms. The molecule has 0 spiro atoms. The van der Waals surface area contributed by atoms with E-state index in [1.54, 1.807) is 6.07 Å². The maximum absolute atomic E-state index is 11.9. The number of carboxylic acid groups (broad SMARTS) is 1. The van der Waals surface area contributed by atoms with Gasteiger partial charge >= 0.3 is 5.97 Å². The first-order chi connectivity index (χ1) is 10.2. The Balaban J connectivity index is 2.35. The first kappa shape index (κ1) is 16.1. The number of methoxy groups -OCH3 is 1. The minimum Gasteiger partial charge on any atom is -0.495 e. The third-order valence-corrected chi connectivity index (χ3v) is 3.86. The van der Waals surface area contributed by atoms with Gasteiger partial charge in [-0.15, -0.1) is 0 Å². The highest BCUT2D eigenvalue weighted by molar-refractivity contribution is 7.92. The van der Waals surface area contributed by atoms with Crippen LogP contribution in [0.4, 0.5) is 11.4 Å². The lowest BCUT2D eigenvalue weighted by Gasteiger charge is -2.18. The minimum absolute atomic E-state index is 0.0544. The molecule has 0 radical (unpaired) electrons. The number of carbonyl (C=O) groups excluding carboxylic acids is 1. The first-order valence-electron chi connectivity index (χ1n) is 6.40. The van der Waals surface area contributed by atoms with Crippen LogP contribution in [0.2, 0.25) is 0 Å². The van der Waals surface area contributed by atoms with Crippen molar-refractivity contribution in [3.8, 4) is 5.75 Å². The number of benzene rings is 1. The van der Waals surface area contributed by atoms with E-state index in [0.29, 0.717) is 11.4 Å². The van der Waals surface area contributed by atoms with Crippen molar-refractivity contribution in [3.63, 3.8) is 0 Å². The van der Waals surface area contributed by atoms with E-state index >= 15 is 0 Å². The van der Waals surface area contributed by atoms with Crippen molar-refractivity contribution in [1.82, 2.24) is 0 Å². The number of nitrogens with zero attached hydrogens (tertiary/aromatic N) is 1. The second kappa shape index (κ2) is 5.84. The Morgan fingerprint density at radius 3 is 2.64 bits per heavy atom. The zero-order valence-corrected chi connectivity index (χ0v) is 12.9. The molecule has 1 aromatic rings. The Labute approximate surface area is 127 Å². The number of carboxylic acids is 1. The Kier molecular flexibility index (Phi) is 4.27. The predicted octanol–water partition coefficient (Wildman–Crippen LogP) is 0.504. The molecule has 1 atom stereocenters. The van der Waals surface area contributed by atoms with Gasteiger partial charge in [-0.05, 0) is 18.2 Å². The average Bonchev–Trinajstić information content (AvgIpc) is 2.79. The van der Waals surface area contributed by atoms with Gasteiger partial charge in [0.15, 0.2) is 0 Å². The smallest absolute Gasteiger partial charge is 0.308 e. The molecule has 2 rings (SSSR count). The van der Waals surface area contributed by atoms with E-state index in [4.69, 9.17) is 9.84 Å². The number of ether oxygens (including phenoxy) is 1. The molecule has 2 N–H and O–H groups in total. The summed E-state index contributed by atoms with van der Waals surface area (Å²) in [6.07, 6.45) is 0.927. The van der Waals surface area contributed by atoms with E-state index in [-0.39, 0.29) is 24.6 Å². The summed E-state index contributed by atoms with van der Waals surface area (Å²) in [4.78, 5) is 24.2. The average molecular weight is 328 g/mol. The maximum Gasteiger partial charge on any atom is 0.308 e. The summed E-state index contributed by atoms with van der Waals surface area (Å²) in [6, 6.07) is 4.54. The number of sulfonamides is 1. The fourth-order valence-electron chi connectivity index (χ4n) is 2.27. The van der Waals surface area contributed by atoms with E-state index in [2.05, 4.69) is 4.72 Å². The van der Waals surface area contributed by atoms with Gasteiger partial charge in [-0.2, -0.15) is 0 Å². The van der Waals surface area contributed by atoms with Crippen molar-refractivity contribution in [2.75, 3.05) is 29.5 Å². The van der Waals surface area contributed by atoms with Crippen LogP contribution in [0, 0.1) is 5.92 Å². The van der Waals surface area contributed by atoms with Crippen molar-refractivity contribution < 1.29 is 27.9 Å². The topological polar surface area (TPSA) is 113 Å². The Morgan fingerprint density at radius 1 is 1.45 bits per heavy atom. The number of aliphatic carboxylic acids is 1. The Morgan fingerprint density at radius 2 is 2.14 bits per heavy atom. The highest BCUT2D eigenvalue weighted by atomic mass is 32.2. The first-order valence-corrected chi connectivity index (χ1v) is 8.29. The summed E-state index contributed by atoms with van der Waals surface area (Å²) in [5.41, 5.74) is 0.606. The molecule has 1 aliphatic rings. The third kappa shape index (κ3) is 3.48. The van der Waals surface area contributed by atoms with E-state index < -0.39 is 21.9 Å². The summed E-state index contributed by atoms with van der Waals surface area (Å²) in [6.45, 7) is 0.0544. The number of hydrogen-bond acceptors (Lipinski definition) is 5. The molecule has 9 heteroatoms. The quantitative estimate of drug-likeness (QED) is 0.814. The molecule has 1 aliphatic heterocycles. The maximum atomic E-state index is 11.9. The van der Waals surface area contributed by atoms with Gasteiger partial charge in [0.1, 0.15) is 5.75 Å². The lowest BCUT2D eigenvalue weighted by molar-refractivity contribution is -0.141. The molecule has 1 amide bonds. The van der Waals surface area contributed by atoms with E-state index in [0.717, 1.165) is 6.26 Å². The molecule has 1 fully saturated rings. The monoisotopic (exact) mass is 328 g/mol. The van der Waals surface area contributed by atoms with Crippen molar-refractivity contribution in [1.29, 1.82) is 0 Å². The largest absolute Gasteiger partial charge is 0.495 e. The van der Waals surface area contributed by atoms with Crippen LogP contribution in [0.1, 0.15) is 6.42 Å². The number of hydrogen-bond donors (Lipinski definition) is 2. The molecule has 0 aromatic heterocycles. The molecule has 1 aromatic carbocycles. The molecule has 0 aliphatic carbocycles. The van der Waals surface area contributed by atoms with Crippen LogP contribution in [0.25, 0.3) is 0 Å². The molecule has 120 valence electrons. The Hall–Kier alpha value is -2.29. The van der Waals surface area contributed by atoms with Crippen molar-refractivity contribution in [2.24, 2.45) is 5.92 Å². The standard InChI is InChI=1S/C13H16N2O6S/c1-21-11-4-3-9(6-10(11)14-22(2,19)20)15-7-8(13(17)18)5-12(15)16/h3-4,6,8,14H,5,7H2,1-2H3,(H,17,18)/t8-/m1/s1. The summed E-state index contributed by atoms with van der Waals surface area (Å²) in [5.74, 6) is -1.81. The van der Waals surface area contributed by atoms with Crippen LogP contribution >= 0.6 is 0 Å². The molecule has 0 unspecified atom stereocenters. The third-order valence-electron chi connectivity index (χ3n) is 3.26. The van der Waals surface area contributed by atoms with Crippen LogP contribution in [-0.2, 0) is 19.6 Å². The van der Waals surface area contributed by atoms with Gasteiger partial charge < -0.3 is 14.7 Å². The highest BCUT2D eigenvalue weighted by Crippen LogP contribution is 2.33. The molecule has 1 heterocycles. The highest BCUT2D eigenvalue weighted by Gasteiger charge is 2.35. The zero-order chi connectivity index (χ0) is 16.5. The summed E-state index contributed by atoms with van der Waals surface area (Å²) < 4.78 is 30.1. The van der Waals surface area contributed by atoms with Crippen molar-refractivity contribution in [2.45, 2.75) is 6.42 Å². The molecule has 0 bridgehead atoms. The van der Waals surface area contributed by atoms with Gasteiger partial charge in [-0.25, -0.2) is 8.42 Å². The van der Waals surface area contributed by atoms with Gasteiger partial charge in [0.25, 0.3) is 0 Å². The fourth-order valence-corrected chi connectivity index (χ4v) is 2.82. The van der Waals surface area contributed by atoms with Gasteiger partial charge in [0, 0.05) is 18.7 Å². The second-order valence-corrected chi connectivity index (χ2v) is 6.75. The van der Waals surface area contributed by atoms with E-state index in [1.165, 1.54) is 24.1 Å². The molecular weight excluding hydrogens is 312 g/mol. The van der Waals surface area contributed by atoms with E-state index in [9.17, 15) is 18.0 Å². The van der Waals surface area contributed by atoms with Crippen LogP contribution in [-0.4, -0.2) is 45.3 Å². The number of rotatable bonds is 5. The van der Waals surface area contributed by atoms with Gasteiger partial charge in [0.05, 0.1) is 25.0 Å². The van der Waals surface area contributed by atoms with Crippen molar-refractivity contribution >= 4 is 33.3 Å². The van der Waals surface area contributed by atoms with Gasteiger partial charge in [-0.3, -0.25) is 14.3 Å². The normalized spacial score (nSPS) is 18.4. The molecular formula is C13H16N2O6S. The van der Waals surface area contributed by atoms with Crippen LogP contribution in [0.15, 0.2) is 18.2 Å². The predicted molar refractivity (Wildman–Crippen MR) is 79.6 cm³/mol. The number of carbonyl (C=O) groups is 2. The lowest BCUT2D eigenvalue weighted by atomic mass is 10.1. The molecule has 1 saturated heterocycles. The minimum atomic E-state index is -3.52. The molecule has 8 nitrogen and oxygen atoms in total. The lowest BCUT2D eigenvalue weighted by Crippen LogP contribution is -2.26. The van der Waals surface area contributed by atoms with Crippen LogP contribution < -0.4 is 14.4 Å². The number of amides is 1. The van der Waals surface area contributed by atoms with E-state index in [1.807, 2.05) is 0 Å². The summed E-state index contributed by atoms with van der Waals surface area (Å²) >= 11 is 0. The van der Waals surface area contributed by atoms with Crippen LogP contribution in [0.5, 0.6) is 5.75 Å². The van der Waals surface area contributed by atoms with Crippen molar-refractivity contribution in [3.05, 3.63) is 18.2 Å². The van der Waals surface area contributed by atoms with Gasteiger partial charge in [0.2, 0.25) is 15.9 Å². The van der Waals surface area contributed by atoms with Gasteiger partial charge in [-0.1, -0.05) is 0 Å². The number of anilines is 2. The SMILES string of the molecule is COc1ccc(N2C[C@H](C(=O)O)CC2=O)cc1NS(C)(=O)=O. The summed E-state index contributed by atoms with van der Waals surface area (Å²) in [7, 11) is -2.12. The van der Waals surface area contributed by atoms with Crippen LogP contribution in [0.3, 0.4) is 0 Å².